The van der Waals surface area contributed by atoms with Gasteiger partial charge >= 0.3 is 0 Å². The highest BCUT2D eigenvalue weighted by Crippen LogP contribution is 2.44. The molecule has 2 unspecified atom stereocenters. The Morgan fingerprint density at radius 1 is 1.35 bits per heavy atom. The van der Waals surface area contributed by atoms with Crippen LogP contribution in [-0.2, 0) is 5.54 Å². The molecule has 17 heavy (non-hydrogen) atoms. The molecule has 94 valence electrons. The molecule has 1 saturated carbocycles. The van der Waals surface area contributed by atoms with Gasteiger partial charge in [-0.3, -0.25) is 0 Å². The molecule has 2 rings (SSSR count). The maximum absolute atomic E-state index is 6.73. The third kappa shape index (κ3) is 2.19. The zero-order chi connectivity index (χ0) is 12.3. The van der Waals surface area contributed by atoms with Crippen LogP contribution in [0.5, 0.6) is 5.75 Å². The summed E-state index contributed by atoms with van der Waals surface area (Å²) < 4.78 is 5.48. The highest BCUT2D eigenvalue weighted by Gasteiger charge is 2.39. The van der Waals surface area contributed by atoms with Gasteiger partial charge in [0, 0.05) is 11.1 Å². The molecule has 0 aromatic heterocycles. The van der Waals surface area contributed by atoms with Gasteiger partial charge in [0.1, 0.15) is 5.75 Å². The largest absolute Gasteiger partial charge is 0.496 e. The number of hydrogen-bond acceptors (Lipinski definition) is 2. The highest BCUT2D eigenvalue weighted by atomic mass is 16.5. The van der Waals surface area contributed by atoms with Crippen LogP contribution >= 0.6 is 0 Å². The van der Waals surface area contributed by atoms with Gasteiger partial charge in [0.05, 0.1) is 7.11 Å². The van der Waals surface area contributed by atoms with Gasteiger partial charge in [-0.2, -0.15) is 0 Å². The molecule has 2 atom stereocenters. The van der Waals surface area contributed by atoms with Gasteiger partial charge in [-0.25, -0.2) is 0 Å². The lowest BCUT2D eigenvalue weighted by Crippen LogP contribution is -2.46. The average Bonchev–Trinajstić information content (AvgIpc) is 2.39. The van der Waals surface area contributed by atoms with Gasteiger partial charge in [-0.15, -0.1) is 0 Å². The molecule has 1 fully saturated rings. The fourth-order valence-electron chi connectivity index (χ4n) is 3.22. The Morgan fingerprint density at radius 3 is 2.82 bits per heavy atom. The van der Waals surface area contributed by atoms with Crippen molar-refractivity contribution in [3.8, 4) is 5.75 Å². The van der Waals surface area contributed by atoms with E-state index in [1.807, 2.05) is 12.1 Å². The molecule has 2 nitrogen and oxygen atoms in total. The molecule has 1 aliphatic carbocycles. The van der Waals surface area contributed by atoms with Gasteiger partial charge in [0.25, 0.3) is 0 Å². The molecule has 0 heterocycles. The molecule has 1 aromatic carbocycles. The zero-order valence-electron chi connectivity index (χ0n) is 10.9. The van der Waals surface area contributed by atoms with Crippen molar-refractivity contribution in [2.75, 3.05) is 7.11 Å². The number of rotatable bonds is 3. The number of ether oxygens (including phenoxy) is 1. The van der Waals surface area contributed by atoms with Crippen LogP contribution in [0.15, 0.2) is 24.3 Å². The average molecular weight is 233 g/mol. The van der Waals surface area contributed by atoms with Crippen molar-refractivity contribution >= 4 is 0 Å². The number of nitrogens with two attached hydrogens (primary N) is 1. The molecule has 2 heteroatoms. The van der Waals surface area contributed by atoms with Crippen molar-refractivity contribution in [1.29, 1.82) is 0 Å². The summed E-state index contributed by atoms with van der Waals surface area (Å²) in [5.41, 5.74) is 7.73. The summed E-state index contributed by atoms with van der Waals surface area (Å²) in [6.45, 7) is 2.24. The van der Waals surface area contributed by atoms with Crippen LogP contribution in [0.25, 0.3) is 0 Å². The number of benzene rings is 1. The Hall–Kier alpha value is -1.02. The smallest absolute Gasteiger partial charge is 0.123 e. The molecule has 2 N–H and O–H groups in total. The maximum Gasteiger partial charge on any atom is 0.123 e. The van der Waals surface area contributed by atoms with Crippen LogP contribution in [0.1, 0.15) is 44.6 Å². The van der Waals surface area contributed by atoms with Crippen LogP contribution in [0, 0.1) is 5.92 Å². The lowest BCUT2D eigenvalue weighted by Gasteiger charge is -2.42. The molecular formula is C15H23NO. The molecule has 0 radical (unpaired) electrons. The van der Waals surface area contributed by atoms with Crippen molar-refractivity contribution in [3.63, 3.8) is 0 Å². The van der Waals surface area contributed by atoms with Crippen LogP contribution in [0.2, 0.25) is 0 Å². The Morgan fingerprint density at radius 2 is 2.12 bits per heavy atom. The minimum absolute atomic E-state index is 0.195. The maximum atomic E-state index is 6.73. The summed E-state index contributed by atoms with van der Waals surface area (Å²) >= 11 is 0. The topological polar surface area (TPSA) is 35.2 Å². The molecular weight excluding hydrogens is 210 g/mol. The molecule has 1 aliphatic rings. The molecule has 0 aliphatic heterocycles. The van der Waals surface area contributed by atoms with E-state index in [0.717, 1.165) is 18.6 Å². The normalized spacial score (nSPS) is 29.0. The lowest BCUT2D eigenvalue weighted by molar-refractivity contribution is 0.179. The summed E-state index contributed by atoms with van der Waals surface area (Å²) in [7, 11) is 1.73. The van der Waals surface area contributed by atoms with E-state index in [4.69, 9.17) is 10.5 Å². The lowest BCUT2D eigenvalue weighted by atomic mass is 9.68. The summed E-state index contributed by atoms with van der Waals surface area (Å²) in [4.78, 5) is 0. The number of hydrogen-bond donors (Lipinski definition) is 1. The summed E-state index contributed by atoms with van der Waals surface area (Å²) in [6.07, 6.45) is 6.00. The minimum atomic E-state index is -0.195. The number of methoxy groups -OCH3 is 1. The number of para-hydroxylation sites is 1. The van der Waals surface area contributed by atoms with Crippen LogP contribution in [0.3, 0.4) is 0 Å². The SMILES string of the molecule is CCC1CCCCC1(N)c1ccccc1OC. The van der Waals surface area contributed by atoms with Gasteiger partial charge in [-0.1, -0.05) is 44.4 Å². The Balaban J connectivity index is 2.41. The second-order valence-electron chi connectivity index (χ2n) is 5.09. The second-order valence-corrected chi connectivity index (χ2v) is 5.09. The van der Waals surface area contributed by atoms with Crippen LogP contribution in [0.4, 0.5) is 0 Å². The molecule has 0 saturated heterocycles. The first kappa shape index (κ1) is 12.4. The first-order valence-corrected chi connectivity index (χ1v) is 6.64. The first-order chi connectivity index (χ1) is 8.22. The quantitative estimate of drug-likeness (QED) is 0.868. The van der Waals surface area contributed by atoms with Crippen LogP contribution < -0.4 is 10.5 Å². The van der Waals surface area contributed by atoms with E-state index < -0.39 is 0 Å². The van der Waals surface area contributed by atoms with E-state index in [9.17, 15) is 0 Å². The summed E-state index contributed by atoms with van der Waals surface area (Å²) in [6, 6.07) is 8.22. The van der Waals surface area contributed by atoms with Crippen molar-refractivity contribution in [2.24, 2.45) is 11.7 Å². The third-order valence-electron chi connectivity index (χ3n) is 4.22. The first-order valence-electron chi connectivity index (χ1n) is 6.64. The van der Waals surface area contributed by atoms with Gasteiger partial charge in [0.15, 0.2) is 0 Å². The van der Waals surface area contributed by atoms with Crippen molar-refractivity contribution in [2.45, 2.75) is 44.6 Å². The van der Waals surface area contributed by atoms with E-state index in [2.05, 4.69) is 19.1 Å². The summed E-state index contributed by atoms with van der Waals surface area (Å²) in [5, 5.41) is 0. The fourth-order valence-corrected chi connectivity index (χ4v) is 3.22. The van der Waals surface area contributed by atoms with E-state index in [-0.39, 0.29) is 5.54 Å². The predicted molar refractivity (Wildman–Crippen MR) is 71.1 cm³/mol. The zero-order valence-corrected chi connectivity index (χ0v) is 10.9. The molecule has 0 amide bonds. The van der Waals surface area contributed by atoms with Crippen LogP contribution in [-0.4, -0.2) is 7.11 Å². The van der Waals surface area contributed by atoms with E-state index in [1.54, 1.807) is 7.11 Å². The molecule has 0 bridgehead atoms. The van der Waals surface area contributed by atoms with Crippen molar-refractivity contribution < 1.29 is 4.74 Å². The van der Waals surface area contributed by atoms with Gasteiger partial charge < -0.3 is 10.5 Å². The summed E-state index contributed by atoms with van der Waals surface area (Å²) in [5.74, 6) is 1.52. The van der Waals surface area contributed by atoms with E-state index in [0.29, 0.717) is 5.92 Å². The Labute approximate surface area is 104 Å². The van der Waals surface area contributed by atoms with Crippen molar-refractivity contribution in [1.82, 2.24) is 0 Å². The predicted octanol–water partition coefficient (Wildman–Crippen LogP) is 3.45. The van der Waals surface area contributed by atoms with E-state index >= 15 is 0 Å². The molecule has 1 aromatic rings. The molecule has 0 spiro atoms. The standard InChI is InChI=1S/C15H23NO/c1-3-12-8-6-7-11-15(12,16)13-9-4-5-10-14(13)17-2/h4-5,9-10,12H,3,6-8,11,16H2,1-2H3. The fraction of sp³-hybridized carbons (Fsp3) is 0.600. The van der Waals surface area contributed by atoms with Crippen molar-refractivity contribution in [3.05, 3.63) is 29.8 Å². The van der Waals surface area contributed by atoms with Gasteiger partial charge in [-0.05, 0) is 24.8 Å². The third-order valence-corrected chi connectivity index (χ3v) is 4.22. The Kier molecular flexibility index (Phi) is 3.72. The Bertz CT molecular complexity index is 377. The van der Waals surface area contributed by atoms with Gasteiger partial charge in [0.2, 0.25) is 0 Å². The minimum Gasteiger partial charge on any atom is -0.496 e. The second kappa shape index (κ2) is 5.09. The highest BCUT2D eigenvalue weighted by molar-refractivity contribution is 5.39. The monoisotopic (exact) mass is 233 g/mol. The van der Waals surface area contributed by atoms with E-state index in [1.165, 1.54) is 24.8 Å².